The zero-order chi connectivity index (χ0) is 10.6. The van der Waals surface area contributed by atoms with Gasteiger partial charge in [-0.2, -0.15) is 0 Å². The summed E-state index contributed by atoms with van der Waals surface area (Å²) >= 11 is 11.3. The van der Waals surface area contributed by atoms with Gasteiger partial charge in [-0.15, -0.1) is 12.4 Å². The lowest BCUT2D eigenvalue weighted by molar-refractivity contribution is 0.0950. The highest BCUT2D eigenvalue weighted by Crippen LogP contribution is 2.15. The first-order valence-electron chi connectivity index (χ1n) is 3.95. The molecule has 84 valence electrons. The van der Waals surface area contributed by atoms with E-state index < -0.39 is 0 Å². The second-order valence-electron chi connectivity index (χ2n) is 2.54. The van der Waals surface area contributed by atoms with Crippen LogP contribution < -0.4 is 11.1 Å². The highest BCUT2D eigenvalue weighted by atomic mass is 35.5. The van der Waals surface area contributed by atoms with Gasteiger partial charge in [-0.1, -0.05) is 23.2 Å². The van der Waals surface area contributed by atoms with Gasteiger partial charge in [0.25, 0.3) is 5.91 Å². The van der Waals surface area contributed by atoms with Gasteiger partial charge >= 0.3 is 0 Å². The Morgan fingerprint density at radius 1 is 1.47 bits per heavy atom. The first-order valence-corrected chi connectivity index (χ1v) is 4.70. The highest BCUT2D eigenvalue weighted by Gasteiger charge is 2.08. The summed E-state index contributed by atoms with van der Waals surface area (Å²) in [6.45, 7) is 0.769. The Balaban J connectivity index is 0.00000196. The molecule has 4 nitrogen and oxygen atoms in total. The van der Waals surface area contributed by atoms with Crippen LogP contribution in [-0.4, -0.2) is 24.0 Å². The van der Waals surface area contributed by atoms with Crippen LogP contribution in [0.15, 0.2) is 12.1 Å². The number of carbonyl (C=O) groups excluding carboxylic acids is 1. The van der Waals surface area contributed by atoms with Gasteiger partial charge in [0, 0.05) is 18.1 Å². The summed E-state index contributed by atoms with van der Waals surface area (Å²) in [6, 6.07) is 2.90. The minimum absolute atomic E-state index is 0. The van der Waals surface area contributed by atoms with E-state index in [9.17, 15) is 4.79 Å². The monoisotopic (exact) mass is 269 g/mol. The van der Waals surface area contributed by atoms with E-state index in [1.807, 2.05) is 0 Å². The number of amides is 1. The third-order valence-corrected chi connectivity index (χ3v) is 1.83. The molecule has 0 spiro atoms. The molecule has 0 aliphatic rings. The first-order chi connectivity index (χ1) is 6.63. The number of nitrogens with zero attached hydrogens (tertiary/aromatic N) is 1. The van der Waals surface area contributed by atoms with E-state index in [2.05, 4.69) is 10.3 Å². The van der Waals surface area contributed by atoms with Gasteiger partial charge in [-0.25, -0.2) is 4.98 Å². The Labute approximate surface area is 104 Å². The maximum atomic E-state index is 11.4. The van der Waals surface area contributed by atoms with Crippen LogP contribution in [0.4, 0.5) is 0 Å². The summed E-state index contributed by atoms with van der Waals surface area (Å²) in [5, 5.41) is 3.13. The largest absolute Gasteiger partial charge is 0.349 e. The van der Waals surface area contributed by atoms with E-state index in [0.717, 1.165) is 0 Å². The molecule has 0 aliphatic heterocycles. The Hall–Kier alpha value is -0.550. The third kappa shape index (κ3) is 4.66. The number of nitrogens with one attached hydrogen (secondary N) is 1. The van der Waals surface area contributed by atoms with E-state index >= 15 is 0 Å². The fourth-order valence-corrected chi connectivity index (χ4v) is 1.33. The van der Waals surface area contributed by atoms with E-state index in [1.54, 1.807) is 0 Å². The SMILES string of the molecule is Cl.NCCNC(=O)c1cc(Cl)cc(Cl)n1. The summed E-state index contributed by atoms with van der Waals surface area (Å²) in [7, 11) is 0. The van der Waals surface area contributed by atoms with Crippen molar-refractivity contribution in [2.45, 2.75) is 0 Å². The summed E-state index contributed by atoms with van der Waals surface area (Å²) < 4.78 is 0. The molecule has 0 saturated carbocycles. The molecular formula is C8H10Cl3N3O. The number of hydrogen-bond acceptors (Lipinski definition) is 3. The predicted octanol–water partition coefficient (Wildman–Crippen LogP) is 1.50. The van der Waals surface area contributed by atoms with E-state index in [1.165, 1.54) is 12.1 Å². The van der Waals surface area contributed by atoms with Crippen molar-refractivity contribution in [2.75, 3.05) is 13.1 Å². The van der Waals surface area contributed by atoms with Gasteiger partial charge in [0.15, 0.2) is 0 Å². The van der Waals surface area contributed by atoms with Crippen molar-refractivity contribution in [3.8, 4) is 0 Å². The fourth-order valence-electron chi connectivity index (χ4n) is 0.858. The van der Waals surface area contributed by atoms with Crippen LogP contribution in [0.1, 0.15) is 10.5 Å². The molecular weight excluding hydrogens is 260 g/mol. The maximum absolute atomic E-state index is 11.4. The molecule has 1 heterocycles. The molecule has 0 aliphatic carbocycles. The lowest BCUT2D eigenvalue weighted by Crippen LogP contribution is -2.29. The number of hydrogen-bond donors (Lipinski definition) is 2. The number of halogens is 3. The summed E-state index contributed by atoms with van der Waals surface area (Å²) in [6.07, 6.45) is 0. The molecule has 15 heavy (non-hydrogen) atoms. The Morgan fingerprint density at radius 2 is 2.13 bits per heavy atom. The molecule has 0 fully saturated rings. The van der Waals surface area contributed by atoms with Crippen LogP contribution in [-0.2, 0) is 0 Å². The smallest absolute Gasteiger partial charge is 0.270 e. The molecule has 0 bridgehead atoms. The van der Waals surface area contributed by atoms with Crippen molar-refractivity contribution in [1.82, 2.24) is 10.3 Å². The number of nitrogens with two attached hydrogens (primary N) is 1. The average molecular weight is 271 g/mol. The molecule has 1 rings (SSSR count). The van der Waals surface area contributed by atoms with Crippen LogP contribution in [0.2, 0.25) is 10.2 Å². The van der Waals surface area contributed by atoms with Crippen LogP contribution in [0.25, 0.3) is 0 Å². The Morgan fingerprint density at radius 3 is 2.67 bits per heavy atom. The van der Waals surface area contributed by atoms with Crippen LogP contribution in [0, 0.1) is 0 Å². The summed E-state index contributed by atoms with van der Waals surface area (Å²) in [5.41, 5.74) is 5.42. The van der Waals surface area contributed by atoms with Crippen LogP contribution in [0.5, 0.6) is 0 Å². The molecule has 1 aromatic rings. The maximum Gasteiger partial charge on any atom is 0.270 e. The van der Waals surface area contributed by atoms with Gasteiger partial charge in [-0.3, -0.25) is 4.79 Å². The zero-order valence-electron chi connectivity index (χ0n) is 7.67. The Kier molecular flexibility index (Phi) is 6.60. The number of pyridine rings is 1. The Bertz CT molecular complexity index is 326. The van der Waals surface area contributed by atoms with E-state index in [-0.39, 0.29) is 29.2 Å². The first kappa shape index (κ1) is 14.5. The molecule has 0 saturated heterocycles. The molecule has 1 aromatic heterocycles. The lowest BCUT2D eigenvalue weighted by atomic mass is 10.3. The molecule has 7 heteroatoms. The molecule has 1 amide bonds. The van der Waals surface area contributed by atoms with E-state index in [4.69, 9.17) is 28.9 Å². The lowest BCUT2D eigenvalue weighted by Gasteiger charge is -2.03. The van der Waals surface area contributed by atoms with Crippen LogP contribution >= 0.6 is 35.6 Å². The van der Waals surface area contributed by atoms with Crippen LogP contribution in [0.3, 0.4) is 0 Å². The van der Waals surface area contributed by atoms with Crippen molar-refractivity contribution in [3.05, 3.63) is 28.0 Å². The predicted molar refractivity (Wildman–Crippen MR) is 62.9 cm³/mol. The topological polar surface area (TPSA) is 68.0 Å². The third-order valence-electron chi connectivity index (χ3n) is 1.42. The van der Waals surface area contributed by atoms with Crippen molar-refractivity contribution in [3.63, 3.8) is 0 Å². The normalized spacial score (nSPS) is 9.27. The molecule has 0 radical (unpaired) electrons. The minimum Gasteiger partial charge on any atom is -0.349 e. The van der Waals surface area contributed by atoms with Gasteiger partial charge in [-0.05, 0) is 12.1 Å². The molecule has 0 atom stereocenters. The van der Waals surface area contributed by atoms with Gasteiger partial charge in [0.1, 0.15) is 10.8 Å². The fraction of sp³-hybridized carbons (Fsp3) is 0.250. The minimum atomic E-state index is -0.333. The molecule has 0 aromatic carbocycles. The second-order valence-corrected chi connectivity index (χ2v) is 3.36. The van der Waals surface area contributed by atoms with Crippen molar-refractivity contribution in [1.29, 1.82) is 0 Å². The number of rotatable bonds is 3. The van der Waals surface area contributed by atoms with Crippen molar-refractivity contribution >= 4 is 41.5 Å². The molecule has 3 N–H and O–H groups in total. The van der Waals surface area contributed by atoms with Gasteiger partial charge in [0.2, 0.25) is 0 Å². The zero-order valence-corrected chi connectivity index (χ0v) is 9.99. The van der Waals surface area contributed by atoms with Gasteiger partial charge in [0.05, 0.1) is 0 Å². The number of aromatic nitrogens is 1. The average Bonchev–Trinajstić information content (AvgIpc) is 2.12. The standard InChI is InChI=1S/C8H9Cl2N3O.ClH/c9-5-3-6(13-7(10)4-5)8(14)12-2-1-11;/h3-4H,1-2,11H2,(H,12,14);1H. The number of carbonyl (C=O) groups is 1. The quantitative estimate of drug-likeness (QED) is 0.818. The van der Waals surface area contributed by atoms with Crippen molar-refractivity contribution in [2.24, 2.45) is 5.73 Å². The van der Waals surface area contributed by atoms with Crippen molar-refractivity contribution < 1.29 is 4.79 Å². The summed E-state index contributed by atoms with van der Waals surface area (Å²) in [4.78, 5) is 15.2. The summed E-state index contributed by atoms with van der Waals surface area (Å²) in [5.74, 6) is -0.333. The van der Waals surface area contributed by atoms with E-state index in [0.29, 0.717) is 18.1 Å². The second kappa shape index (κ2) is 6.85. The molecule has 0 unspecified atom stereocenters. The highest BCUT2D eigenvalue weighted by molar-refractivity contribution is 6.34. The van der Waals surface area contributed by atoms with Gasteiger partial charge < -0.3 is 11.1 Å².